The van der Waals surface area contributed by atoms with Gasteiger partial charge in [-0.1, -0.05) is 23.7 Å². The summed E-state index contributed by atoms with van der Waals surface area (Å²) >= 11 is 6.21. The molecule has 4 heterocycles. The van der Waals surface area contributed by atoms with Crippen molar-refractivity contribution in [3.05, 3.63) is 69.6 Å². The highest BCUT2D eigenvalue weighted by atomic mass is 35.5. The number of hydrogen-bond acceptors (Lipinski definition) is 4. The van der Waals surface area contributed by atoms with Gasteiger partial charge >= 0.3 is 0 Å². The van der Waals surface area contributed by atoms with Gasteiger partial charge in [0.1, 0.15) is 18.1 Å². The summed E-state index contributed by atoms with van der Waals surface area (Å²) in [5.41, 5.74) is 3.27. The van der Waals surface area contributed by atoms with Crippen LogP contribution in [0.4, 0.5) is 4.39 Å². The summed E-state index contributed by atoms with van der Waals surface area (Å²) in [5.74, 6) is -0.893. The number of carbonyl (C=O) groups is 4. The molecule has 214 valence electrons. The van der Waals surface area contributed by atoms with Crippen LogP contribution in [0.3, 0.4) is 0 Å². The Balaban J connectivity index is 1.37. The summed E-state index contributed by atoms with van der Waals surface area (Å²) in [5, 5.41) is 0.769. The van der Waals surface area contributed by atoms with Crippen LogP contribution < -0.4 is 0 Å². The summed E-state index contributed by atoms with van der Waals surface area (Å²) in [6.07, 6.45) is 7.71. The topological polar surface area (TPSA) is 76.5 Å². The minimum absolute atomic E-state index is 0.00773. The standard InChI is InChI=1S/C33H34ClFN2O4/c1-20(38)26-18-36-19-31(41)37-12-4-7-29(37)30(40)15-22-13-21(14-27(34)32(22)35)5-2-3-6-24(39)17-33(10-11-33)23-8-9-28(36)25(26)16-23/h8-9,13-14,16,18,29H,2-7,10-12,15,17,19H2,1H3/t29-/m0/s1. The second-order valence-corrected chi connectivity index (χ2v) is 12.5. The Kier molecular flexibility index (Phi) is 7.35. The molecule has 4 aliphatic rings. The fourth-order valence-electron chi connectivity index (χ4n) is 6.80. The van der Waals surface area contributed by atoms with Gasteiger partial charge in [-0.15, -0.1) is 0 Å². The van der Waals surface area contributed by atoms with Crippen molar-refractivity contribution in [3.63, 3.8) is 0 Å². The fraction of sp³-hybridized carbons (Fsp3) is 0.455. The molecule has 1 amide bonds. The lowest BCUT2D eigenvalue weighted by atomic mass is 9.88. The van der Waals surface area contributed by atoms with Crippen LogP contribution in [0.2, 0.25) is 5.02 Å². The number of amides is 1. The summed E-state index contributed by atoms with van der Waals surface area (Å²) in [7, 11) is 0. The van der Waals surface area contributed by atoms with E-state index in [4.69, 9.17) is 11.6 Å². The zero-order valence-corrected chi connectivity index (χ0v) is 24.1. The molecule has 3 aromatic rings. The number of rotatable bonds is 1. The minimum atomic E-state index is -0.625. The number of benzene rings is 2. The lowest BCUT2D eigenvalue weighted by molar-refractivity contribution is -0.137. The number of fused-ring (bicyclic) bond motifs is 8. The van der Waals surface area contributed by atoms with Gasteiger partial charge in [0.2, 0.25) is 5.91 Å². The zero-order valence-electron chi connectivity index (χ0n) is 23.3. The molecule has 2 fully saturated rings. The van der Waals surface area contributed by atoms with E-state index in [0.29, 0.717) is 50.6 Å². The molecule has 3 aliphatic heterocycles. The summed E-state index contributed by atoms with van der Waals surface area (Å²) in [6.45, 7) is 1.97. The Morgan fingerprint density at radius 2 is 1.83 bits per heavy atom. The molecule has 1 aromatic heterocycles. The quantitative estimate of drug-likeness (QED) is 0.325. The molecule has 0 unspecified atom stereocenters. The van der Waals surface area contributed by atoms with Crippen molar-refractivity contribution in [1.29, 1.82) is 0 Å². The van der Waals surface area contributed by atoms with Crippen molar-refractivity contribution in [2.45, 2.75) is 89.1 Å². The third kappa shape index (κ3) is 5.36. The van der Waals surface area contributed by atoms with E-state index in [1.54, 1.807) is 27.8 Å². The fourth-order valence-corrected chi connectivity index (χ4v) is 7.06. The van der Waals surface area contributed by atoms with Crippen molar-refractivity contribution in [2.75, 3.05) is 6.54 Å². The molecule has 6 bridgehead atoms. The van der Waals surface area contributed by atoms with Crippen molar-refractivity contribution < 1.29 is 23.6 Å². The van der Waals surface area contributed by atoms with E-state index in [2.05, 4.69) is 0 Å². The number of ketones is 3. The lowest BCUT2D eigenvalue weighted by Crippen LogP contribution is -2.42. The van der Waals surface area contributed by atoms with Crippen LogP contribution in [0.15, 0.2) is 36.5 Å². The Hall–Kier alpha value is -3.32. The van der Waals surface area contributed by atoms with E-state index in [0.717, 1.165) is 41.3 Å². The number of nitrogens with zero attached hydrogens (tertiary/aromatic N) is 2. The first-order valence-corrected chi connectivity index (χ1v) is 15.0. The van der Waals surface area contributed by atoms with Gasteiger partial charge in [-0.25, -0.2) is 4.39 Å². The van der Waals surface area contributed by atoms with Crippen LogP contribution in [0.1, 0.15) is 85.3 Å². The molecule has 1 atom stereocenters. The minimum Gasteiger partial charge on any atom is -0.337 e. The van der Waals surface area contributed by atoms with Crippen LogP contribution in [-0.2, 0) is 39.2 Å². The molecule has 1 aliphatic carbocycles. The largest absolute Gasteiger partial charge is 0.337 e. The van der Waals surface area contributed by atoms with Crippen molar-refractivity contribution in [3.8, 4) is 0 Å². The second kappa shape index (κ2) is 10.8. The summed E-state index contributed by atoms with van der Waals surface area (Å²) in [6, 6.07) is 8.69. The van der Waals surface area contributed by atoms with Crippen molar-refractivity contribution >= 4 is 45.8 Å². The Morgan fingerprint density at radius 1 is 1.05 bits per heavy atom. The Morgan fingerprint density at radius 3 is 2.59 bits per heavy atom. The molecular formula is C33H34ClFN2O4. The number of Topliss-reactive ketones (excluding diaryl/α,β-unsaturated/α-hetero) is 3. The molecular weight excluding hydrogens is 543 g/mol. The van der Waals surface area contributed by atoms with Gasteiger partial charge in [0, 0.05) is 53.9 Å². The van der Waals surface area contributed by atoms with E-state index in [1.165, 1.54) is 6.92 Å². The highest BCUT2D eigenvalue weighted by molar-refractivity contribution is 6.30. The number of aryl methyl sites for hydroxylation is 1. The first-order chi connectivity index (χ1) is 19.6. The van der Waals surface area contributed by atoms with Gasteiger partial charge in [0.05, 0.1) is 11.1 Å². The van der Waals surface area contributed by atoms with Crippen LogP contribution in [0.5, 0.6) is 0 Å². The van der Waals surface area contributed by atoms with Crippen LogP contribution in [-0.4, -0.2) is 45.3 Å². The normalized spacial score (nSPS) is 21.5. The molecule has 1 saturated heterocycles. The highest BCUT2D eigenvalue weighted by Crippen LogP contribution is 2.52. The highest BCUT2D eigenvalue weighted by Gasteiger charge is 2.45. The van der Waals surface area contributed by atoms with E-state index >= 15 is 0 Å². The first-order valence-electron chi connectivity index (χ1n) is 14.6. The average Bonchev–Trinajstić information content (AvgIpc) is 3.37. The number of halogens is 2. The van der Waals surface area contributed by atoms with Gasteiger partial charge in [-0.3, -0.25) is 19.2 Å². The van der Waals surface area contributed by atoms with E-state index in [1.807, 2.05) is 18.2 Å². The maximum absolute atomic E-state index is 15.0. The lowest BCUT2D eigenvalue weighted by Gasteiger charge is -2.24. The molecule has 8 heteroatoms. The van der Waals surface area contributed by atoms with Crippen LogP contribution in [0, 0.1) is 5.82 Å². The predicted molar refractivity (Wildman–Crippen MR) is 155 cm³/mol. The van der Waals surface area contributed by atoms with Gasteiger partial charge in [-0.2, -0.15) is 0 Å². The SMILES string of the molecule is CC(=O)c1cn2c3ccc(cc13)C1(CC1)CC(=O)CCCCc1cc(Cl)c(F)c(c1)CC(=O)[C@@H]1CCCN1C(=O)C2. The number of carbonyl (C=O) groups excluding carboxylic acids is 4. The van der Waals surface area contributed by atoms with E-state index in [9.17, 15) is 23.6 Å². The Labute approximate surface area is 243 Å². The zero-order chi connectivity index (χ0) is 28.9. The van der Waals surface area contributed by atoms with Gasteiger partial charge < -0.3 is 9.47 Å². The van der Waals surface area contributed by atoms with Gasteiger partial charge in [0.15, 0.2) is 11.6 Å². The first kappa shape index (κ1) is 27.8. The van der Waals surface area contributed by atoms with Gasteiger partial charge in [0.25, 0.3) is 0 Å². The van der Waals surface area contributed by atoms with E-state index in [-0.39, 0.29) is 52.2 Å². The predicted octanol–water partition coefficient (Wildman–Crippen LogP) is 6.16. The molecule has 0 N–H and O–H groups in total. The molecule has 1 saturated carbocycles. The molecule has 2 aromatic carbocycles. The third-order valence-corrected chi connectivity index (χ3v) is 9.49. The van der Waals surface area contributed by atoms with Crippen LogP contribution in [0.25, 0.3) is 10.9 Å². The summed E-state index contributed by atoms with van der Waals surface area (Å²) < 4.78 is 16.8. The summed E-state index contributed by atoms with van der Waals surface area (Å²) in [4.78, 5) is 54.2. The van der Waals surface area contributed by atoms with E-state index < -0.39 is 11.9 Å². The molecule has 41 heavy (non-hydrogen) atoms. The second-order valence-electron chi connectivity index (χ2n) is 12.1. The molecule has 1 spiro atoms. The van der Waals surface area contributed by atoms with Crippen molar-refractivity contribution in [2.24, 2.45) is 0 Å². The smallest absolute Gasteiger partial charge is 0.243 e. The monoisotopic (exact) mass is 576 g/mol. The third-order valence-electron chi connectivity index (χ3n) is 9.21. The average molecular weight is 577 g/mol. The Bertz CT molecular complexity index is 1590. The number of hydrogen-bond donors (Lipinski definition) is 0. The maximum atomic E-state index is 15.0. The maximum Gasteiger partial charge on any atom is 0.243 e. The van der Waals surface area contributed by atoms with Gasteiger partial charge in [-0.05, 0) is 86.8 Å². The van der Waals surface area contributed by atoms with Crippen molar-refractivity contribution in [1.82, 2.24) is 9.47 Å². The molecule has 6 nitrogen and oxygen atoms in total. The molecule has 7 rings (SSSR count). The van der Waals surface area contributed by atoms with Crippen LogP contribution >= 0.6 is 11.6 Å². The molecule has 0 radical (unpaired) electrons. The number of aromatic nitrogens is 1.